The highest BCUT2D eigenvalue weighted by Gasteiger charge is 2.47. The molecule has 0 bridgehead atoms. The molecule has 3 amide bonds. The number of carbonyl (C=O) groups is 3. The number of nitrogens with one attached hydrogen (secondary N) is 1. The van der Waals surface area contributed by atoms with E-state index in [9.17, 15) is 14.4 Å². The zero-order valence-corrected chi connectivity index (χ0v) is 17.5. The molecule has 0 radical (unpaired) electrons. The Bertz CT molecular complexity index is 1170. The lowest BCUT2D eigenvalue weighted by Gasteiger charge is -2.41. The van der Waals surface area contributed by atoms with Crippen LogP contribution >= 0.6 is 0 Å². The Morgan fingerprint density at radius 1 is 0.938 bits per heavy atom. The molecule has 0 aliphatic carbocycles. The van der Waals surface area contributed by atoms with Crippen molar-refractivity contribution in [2.75, 3.05) is 18.0 Å². The highest BCUT2D eigenvalue weighted by Crippen LogP contribution is 2.45. The first-order chi connectivity index (χ1) is 15.6. The predicted octanol–water partition coefficient (Wildman–Crippen LogP) is 3.53. The van der Waals surface area contributed by atoms with Crippen LogP contribution in [0.1, 0.15) is 51.0 Å². The summed E-state index contributed by atoms with van der Waals surface area (Å²) in [7, 11) is 0. The van der Waals surface area contributed by atoms with E-state index in [1.54, 1.807) is 34.3 Å². The molecule has 0 saturated carbocycles. The molecule has 1 atom stereocenters. The van der Waals surface area contributed by atoms with Crippen LogP contribution in [0.15, 0.2) is 71.3 Å². The number of para-hydroxylation sites is 1. The van der Waals surface area contributed by atoms with Crippen molar-refractivity contribution in [2.45, 2.75) is 25.4 Å². The van der Waals surface area contributed by atoms with Gasteiger partial charge in [0.25, 0.3) is 11.8 Å². The third kappa shape index (κ3) is 3.45. The molecule has 5 rings (SSSR count). The van der Waals surface area contributed by atoms with Crippen molar-refractivity contribution in [3.05, 3.63) is 89.4 Å². The normalized spacial score (nSPS) is 16.6. The highest BCUT2D eigenvalue weighted by molar-refractivity contribution is 6.16. The molecule has 1 aromatic heterocycles. The molecule has 7 heteroatoms. The van der Waals surface area contributed by atoms with Crippen LogP contribution in [0.3, 0.4) is 0 Å². The summed E-state index contributed by atoms with van der Waals surface area (Å²) in [5.41, 5.74) is 2.58. The van der Waals surface area contributed by atoms with E-state index < -0.39 is 6.17 Å². The Morgan fingerprint density at radius 2 is 1.72 bits per heavy atom. The Balaban J connectivity index is 1.29. The van der Waals surface area contributed by atoms with E-state index in [1.807, 2.05) is 42.5 Å². The minimum Gasteiger partial charge on any atom is -0.469 e. The van der Waals surface area contributed by atoms with Crippen LogP contribution in [0.2, 0.25) is 0 Å². The standard InChI is InChI=1S/C25H23N3O4/c29-22(26-14-13-17-7-6-16-32-17)12-5-15-27-23-18-8-1-2-9-19(18)25(31)28(23)21-11-4-3-10-20(21)24(27)30/h1-4,6-11,16,23H,5,12-15H2,(H,26,29)/t23-/m1/s1. The molecule has 0 spiro atoms. The van der Waals surface area contributed by atoms with E-state index in [0.717, 1.165) is 11.3 Å². The van der Waals surface area contributed by atoms with Crippen LogP contribution in [0.25, 0.3) is 0 Å². The number of fused-ring (bicyclic) bond motifs is 5. The van der Waals surface area contributed by atoms with Gasteiger partial charge in [-0.3, -0.25) is 19.3 Å². The van der Waals surface area contributed by atoms with Crippen LogP contribution in [-0.2, 0) is 11.2 Å². The minimum absolute atomic E-state index is 0.0684. The van der Waals surface area contributed by atoms with Gasteiger partial charge in [-0.2, -0.15) is 0 Å². The van der Waals surface area contributed by atoms with E-state index in [2.05, 4.69) is 5.32 Å². The molecule has 7 nitrogen and oxygen atoms in total. The lowest BCUT2D eigenvalue weighted by molar-refractivity contribution is -0.121. The summed E-state index contributed by atoms with van der Waals surface area (Å²) >= 11 is 0. The third-order valence-electron chi connectivity index (χ3n) is 5.96. The summed E-state index contributed by atoms with van der Waals surface area (Å²) in [5.74, 6) is 0.532. The zero-order chi connectivity index (χ0) is 22.1. The lowest BCUT2D eigenvalue weighted by atomic mass is 10.0. The number of nitrogens with zero attached hydrogens (tertiary/aromatic N) is 2. The maximum atomic E-state index is 13.3. The second-order valence-electron chi connectivity index (χ2n) is 7.93. The Kier molecular flexibility index (Phi) is 5.23. The summed E-state index contributed by atoms with van der Waals surface area (Å²) in [6.07, 6.45) is 2.56. The molecule has 1 N–H and O–H groups in total. The van der Waals surface area contributed by atoms with Crippen molar-refractivity contribution >= 4 is 23.4 Å². The maximum Gasteiger partial charge on any atom is 0.260 e. The molecule has 2 aliphatic rings. The first kappa shape index (κ1) is 20.1. The molecule has 0 fully saturated rings. The van der Waals surface area contributed by atoms with Gasteiger partial charge in [0.2, 0.25) is 5.91 Å². The molecule has 32 heavy (non-hydrogen) atoms. The molecule has 2 aromatic carbocycles. The second-order valence-corrected chi connectivity index (χ2v) is 7.93. The summed E-state index contributed by atoms with van der Waals surface area (Å²) in [6, 6.07) is 18.3. The number of carbonyl (C=O) groups excluding carboxylic acids is 3. The smallest absolute Gasteiger partial charge is 0.260 e. The number of furan rings is 1. The van der Waals surface area contributed by atoms with E-state index in [1.165, 1.54) is 0 Å². The molecule has 0 unspecified atom stereocenters. The van der Waals surface area contributed by atoms with Crippen molar-refractivity contribution in [1.82, 2.24) is 10.2 Å². The van der Waals surface area contributed by atoms with Crippen molar-refractivity contribution < 1.29 is 18.8 Å². The Hall–Kier alpha value is -3.87. The number of anilines is 1. The summed E-state index contributed by atoms with van der Waals surface area (Å²) in [6.45, 7) is 0.877. The van der Waals surface area contributed by atoms with Crippen LogP contribution in [0.4, 0.5) is 5.69 Å². The predicted molar refractivity (Wildman–Crippen MR) is 118 cm³/mol. The molecule has 0 saturated heterocycles. The summed E-state index contributed by atoms with van der Waals surface area (Å²) in [5, 5.41) is 2.89. The van der Waals surface area contributed by atoms with Gasteiger partial charge >= 0.3 is 0 Å². The maximum absolute atomic E-state index is 13.3. The first-order valence-electron chi connectivity index (χ1n) is 10.8. The molecule has 162 valence electrons. The molecular weight excluding hydrogens is 406 g/mol. The fourth-order valence-electron chi connectivity index (χ4n) is 4.48. The topological polar surface area (TPSA) is 82.9 Å². The van der Waals surface area contributed by atoms with E-state index in [4.69, 9.17) is 4.42 Å². The number of benzene rings is 2. The minimum atomic E-state index is -0.483. The van der Waals surface area contributed by atoms with Crippen molar-refractivity contribution in [3.63, 3.8) is 0 Å². The van der Waals surface area contributed by atoms with Gasteiger partial charge in [-0.1, -0.05) is 30.3 Å². The SMILES string of the molecule is O=C(CCCN1C(=O)c2ccccc2N2C(=O)c3ccccc3[C@H]12)NCCc1ccco1. The third-order valence-corrected chi connectivity index (χ3v) is 5.96. The Labute approximate surface area is 185 Å². The number of hydrogen-bond donors (Lipinski definition) is 1. The van der Waals surface area contributed by atoms with Crippen LogP contribution < -0.4 is 10.2 Å². The van der Waals surface area contributed by atoms with Gasteiger partial charge in [-0.25, -0.2) is 0 Å². The lowest BCUT2D eigenvalue weighted by Crippen LogP contribution is -2.48. The van der Waals surface area contributed by atoms with Crippen molar-refractivity contribution in [1.29, 1.82) is 0 Å². The number of rotatable bonds is 7. The van der Waals surface area contributed by atoms with E-state index in [-0.39, 0.29) is 17.7 Å². The quantitative estimate of drug-likeness (QED) is 0.623. The number of hydrogen-bond acceptors (Lipinski definition) is 4. The first-order valence-corrected chi connectivity index (χ1v) is 10.8. The zero-order valence-electron chi connectivity index (χ0n) is 17.5. The van der Waals surface area contributed by atoms with Crippen LogP contribution in [0, 0.1) is 0 Å². The Morgan fingerprint density at radius 3 is 2.53 bits per heavy atom. The molecule has 2 aliphatic heterocycles. The average molecular weight is 429 g/mol. The number of amides is 3. The summed E-state index contributed by atoms with van der Waals surface area (Å²) in [4.78, 5) is 42.2. The monoisotopic (exact) mass is 429 g/mol. The van der Waals surface area contributed by atoms with E-state index >= 15 is 0 Å². The highest BCUT2D eigenvalue weighted by atomic mass is 16.3. The molecule has 3 aromatic rings. The van der Waals surface area contributed by atoms with Crippen molar-refractivity contribution in [2.24, 2.45) is 0 Å². The van der Waals surface area contributed by atoms with Gasteiger partial charge in [0.15, 0.2) is 0 Å². The molecule has 3 heterocycles. The second kappa shape index (κ2) is 8.34. The van der Waals surface area contributed by atoms with Crippen LogP contribution in [-0.4, -0.2) is 35.7 Å². The molecular formula is C25H23N3O4. The van der Waals surface area contributed by atoms with Gasteiger partial charge in [0.1, 0.15) is 11.9 Å². The van der Waals surface area contributed by atoms with Gasteiger partial charge in [-0.05, 0) is 36.8 Å². The van der Waals surface area contributed by atoms with Crippen molar-refractivity contribution in [3.8, 4) is 0 Å². The summed E-state index contributed by atoms with van der Waals surface area (Å²) < 4.78 is 5.27. The largest absolute Gasteiger partial charge is 0.469 e. The fourth-order valence-corrected chi connectivity index (χ4v) is 4.48. The van der Waals surface area contributed by atoms with Gasteiger partial charge < -0.3 is 14.6 Å². The fraction of sp³-hybridized carbons (Fsp3) is 0.240. The van der Waals surface area contributed by atoms with Gasteiger partial charge in [0, 0.05) is 37.1 Å². The van der Waals surface area contributed by atoms with Crippen LogP contribution in [0.5, 0.6) is 0 Å². The van der Waals surface area contributed by atoms with Gasteiger partial charge in [-0.15, -0.1) is 0 Å². The van der Waals surface area contributed by atoms with E-state index in [0.29, 0.717) is 49.2 Å². The average Bonchev–Trinajstić information content (AvgIpc) is 3.43. The van der Waals surface area contributed by atoms with Gasteiger partial charge in [0.05, 0.1) is 17.5 Å².